The van der Waals surface area contributed by atoms with Crippen molar-refractivity contribution >= 4 is 30.7 Å². The zero-order valence-corrected chi connectivity index (χ0v) is 14.5. The van der Waals surface area contributed by atoms with Gasteiger partial charge in [0.15, 0.2) is 0 Å². The van der Waals surface area contributed by atoms with Crippen LogP contribution in [0.25, 0.3) is 0 Å². The molecule has 0 radical (unpaired) electrons. The molecule has 0 aliphatic rings. The quantitative estimate of drug-likeness (QED) is 0.778. The second-order valence-corrected chi connectivity index (χ2v) is 4.73. The monoisotopic (exact) mass is 375 g/mol. The number of nitrogens with one attached hydrogen (secondary N) is 1. The number of hydrogen-bond donors (Lipinski definition) is 2. The van der Waals surface area contributed by atoms with Gasteiger partial charge in [-0.2, -0.15) is 0 Å². The Balaban J connectivity index is 0.00000264. The third-order valence-electron chi connectivity index (χ3n) is 2.93. The van der Waals surface area contributed by atoms with E-state index < -0.39 is 0 Å². The number of nitrogens with two attached hydrogens (primary N) is 1. The fraction of sp³-hybridized carbons (Fsp3) is 0.250. The molecule has 0 spiro atoms. The lowest BCUT2D eigenvalue weighted by atomic mass is 10.2. The Labute approximate surface area is 152 Å². The van der Waals surface area contributed by atoms with Gasteiger partial charge in [0, 0.05) is 25.2 Å². The highest BCUT2D eigenvalue weighted by atomic mass is 35.5. The number of nitrogens with zero attached hydrogens (tertiary/aromatic N) is 1. The van der Waals surface area contributed by atoms with Gasteiger partial charge in [-0.25, -0.2) is 9.37 Å². The summed E-state index contributed by atoms with van der Waals surface area (Å²) in [6, 6.07) is 9.21. The molecule has 1 aromatic heterocycles. The molecule has 0 aliphatic heterocycles. The Morgan fingerprint density at radius 1 is 1.21 bits per heavy atom. The van der Waals surface area contributed by atoms with Crippen molar-refractivity contribution in [2.24, 2.45) is 5.73 Å². The van der Waals surface area contributed by atoms with Crippen molar-refractivity contribution in [2.45, 2.75) is 19.4 Å². The van der Waals surface area contributed by atoms with Gasteiger partial charge in [0.05, 0.1) is 0 Å². The summed E-state index contributed by atoms with van der Waals surface area (Å²) < 4.78 is 18.4. The molecule has 1 heterocycles. The highest BCUT2D eigenvalue weighted by molar-refractivity contribution is 5.85. The van der Waals surface area contributed by atoms with Crippen LogP contribution in [0.15, 0.2) is 42.6 Å². The minimum atomic E-state index is -0.325. The van der Waals surface area contributed by atoms with E-state index in [4.69, 9.17) is 10.5 Å². The van der Waals surface area contributed by atoms with Crippen molar-refractivity contribution in [3.8, 4) is 11.6 Å². The number of ether oxygens (including phenoxy) is 1. The molecule has 0 unspecified atom stereocenters. The second-order valence-electron chi connectivity index (χ2n) is 4.73. The van der Waals surface area contributed by atoms with Crippen LogP contribution in [0.1, 0.15) is 18.4 Å². The first kappa shape index (κ1) is 22.1. The van der Waals surface area contributed by atoms with Crippen molar-refractivity contribution in [1.29, 1.82) is 0 Å². The van der Waals surface area contributed by atoms with Crippen molar-refractivity contribution in [3.05, 3.63) is 54.0 Å². The minimum Gasteiger partial charge on any atom is -0.439 e. The number of carbonyl (C=O) groups is 1. The summed E-state index contributed by atoms with van der Waals surface area (Å²) >= 11 is 0. The highest BCUT2D eigenvalue weighted by Crippen LogP contribution is 2.20. The van der Waals surface area contributed by atoms with Crippen LogP contribution < -0.4 is 15.8 Å². The predicted octanol–water partition coefficient (Wildman–Crippen LogP) is 3.21. The maximum Gasteiger partial charge on any atom is 0.220 e. The molecule has 1 amide bonds. The molecule has 5 nitrogen and oxygen atoms in total. The molecule has 132 valence electrons. The fourth-order valence-corrected chi connectivity index (χ4v) is 1.79. The summed E-state index contributed by atoms with van der Waals surface area (Å²) in [4.78, 5) is 15.6. The number of amides is 1. The Bertz CT molecular complexity index is 627. The van der Waals surface area contributed by atoms with Crippen LogP contribution in [0.5, 0.6) is 11.6 Å². The first-order chi connectivity index (χ1) is 10.7. The first-order valence-corrected chi connectivity index (χ1v) is 7.02. The second kappa shape index (κ2) is 11.6. The first-order valence-electron chi connectivity index (χ1n) is 7.02. The molecular formula is C16H20Cl2FN3O2. The van der Waals surface area contributed by atoms with Crippen LogP contribution in [0.3, 0.4) is 0 Å². The van der Waals surface area contributed by atoms with Crippen LogP contribution in [-0.2, 0) is 11.3 Å². The molecule has 2 aromatic rings. The lowest BCUT2D eigenvalue weighted by molar-refractivity contribution is -0.121. The lowest BCUT2D eigenvalue weighted by Crippen LogP contribution is -2.23. The highest BCUT2D eigenvalue weighted by Gasteiger charge is 2.03. The summed E-state index contributed by atoms with van der Waals surface area (Å²) in [5, 5.41) is 2.80. The van der Waals surface area contributed by atoms with E-state index in [1.165, 1.54) is 24.3 Å². The molecule has 3 N–H and O–H groups in total. The summed E-state index contributed by atoms with van der Waals surface area (Å²) in [5.74, 6) is 0.524. The van der Waals surface area contributed by atoms with E-state index in [0.717, 1.165) is 5.56 Å². The fourth-order valence-electron chi connectivity index (χ4n) is 1.79. The van der Waals surface area contributed by atoms with Gasteiger partial charge in [-0.1, -0.05) is 0 Å². The molecule has 0 saturated heterocycles. The van der Waals surface area contributed by atoms with E-state index in [1.54, 1.807) is 18.3 Å². The number of hydrogen-bond acceptors (Lipinski definition) is 4. The third-order valence-corrected chi connectivity index (χ3v) is 2.93. The summed E-state index contributed by atoms with van der Waals surface area (Å²) in [7, 11) is 0. The van der Waals surface area contributed by atoms with Crippen molar-refractivity contribution in [3.63, 3.8) is 0 Å². The van der Waals surface area contributed by atoms with E-state index in [1.807, 2.05) is 0 Å². The van der Waals surface area contributed by atoms with Gasteiger partial charge in [0.1, 0.15) is 11.6 Å². The molecule has 2 rings (SSSR count). The van der Waals surface area contributed by atoms with E-state index in [-0.39, 0.29) is 36.5 Å². The molecule has 1 aromatic carbocycles. The number of benzene rings is 1. The molecule has 24 heavy (non-hydrogen) atoms. The van der Waals surface area contributed by atoms with Gasteiger partial charge < -0.3 is 15.8 Å². The molecule has 0 bridgehead atoms. The minimum absolute atomic E-state index is 0. The maximum atomic E-state index is 12.8. The van der Waals surface area contributed by atoms with E-state index in [0.29, 0.717) is 37.6 Å². The van der Waals surface area contributed by atoms with E-state index >= 15 is 0 Å². The predicted molar refractivity (Wildman–Crippen MR) is 95.3 cm³/mol. The van der Waals surface area contributed by atoms with Crippen LogP contribution in [-0.4, -0.2) is 17.4 Å². The Kier molecular flexibility index (Phi) is 10.7. The topological polar surface area (TPSA) is 77.2 Å². The van der Waals surface area contributed by atoms with Crippen LogP contribution in [0.2, 0.25) is 0 Å². The zero-order valence-electron chi connectivity index (χ0n) is 12.9. The van der Waals surface area contributed by atoms with Crippen LogP contribution in [0.4, 0.5) is 4.39 Å². The van der Waals surface area contributed by atoms with Gasteiger partial charge in [-0.3, -0.25) is 4.79 Å². The Morgan fingerprint density at radius 3 is 2.58 bits per heavy atom. The number of pyridine rings is 1. The molecule has 8 heteroatoms. The Hall–Kier alpha value is -1.89. The van der Waals surface area contributed by atoms with Gasteiger partial charge in [0.2, 0.25) is 11.8 Å². The molecular weight excluding hydrogens is 356 g/mol. The number of halogens is 3. The van der Waals surface area contributed by atoms with Crippen molar-refractivity contribution in [2.75, 3.05) is 6.54 Å². The van der Waals surface area contributed by atoms with Crippen molar-refractivity contribution in [1.82, 2.24) is 10.3 Å². The third kappa shape index (κ3) is 7.59. The Morgan fingerprint density at radius 2 is 1.92 bits per heavy atom. The summed E-state index contributed by atoms with van der Waals surface area (Å²) in [6.07, 6.45) is 2.68. The van der Waals surface area contributed by atoms with Crippen molar-refractivity contribution < 1.29 is 13.9 Å². The van der Waals surface area contributed by atoms with Crippen LogP contribution >= 0.6 is 24.8 Å². The number of carbonyl (C=O) groups excluding carboxylic acids is 1. The number of rotatable bonds is 7. The van der Waals surface area contributed by atoms with E-state index in [9.17, 15) is 9.18 Å². The summed E-state index contributed by atoms with van der Waals surface area (Å²) in [6.45, 7) is 0.893. The largest absolute Gasteiger partial charge is 0.439 e. The lowest BCUT2D eigenvalue weighted by Gasteiger charge is -2.08. The summed E-state index contributed by atoms with van der Waals surface area (Å²) in [5.41, 5.74) is 6.23. The smallest absolute Gasteiger partial charge is 0.220 e. The molecule has 0 aliphatic carbocycles. The van der Waals surface area contributed by atoms with Gasteiger partial charge >= 0.3 is 0 Å². The average molecular weight is 376 g/mol. The van der Waals surface area contributed by atoms with Gasteiger partial charge in [-0.05, 0) is 48.9 Å². The molecule has 0 fully saturated rings. The SMILES string of the molecule is Cl.Cl.NCCCC(=O)NCc1ccnc(Oc2ccc(F)cc2)c1. The van der Waals surface area contributed by atoms with Gasteiger partial charge in [-0.15, -0.1) is 24.8 Å². The zero-order chi connectivity index (χ0) is 15.8. The molecule has 0 atom stereocenters. The number of aromatic nitrogens is 1. The molecule has 0 saturated carbocycles. The van der Waals surface area contributed by atoms with Crippen LogP contribution in [0, 0.1) is 5.82 Å². The van der Waals surface area contributed by atoms with E-state index in [2.05, 4.69) is 10.3 Å². The maximum absolute atomic E-state index is 12.8. The average Bonchev–Trinajstić information content (AvgIpc) is 2.53. The standard InChI is InChI=1S/C16H18FN3O2.2ClH/c17-13-3-5-14(6-4-13)22-16-10-12(7-9-19-16)11-20-15(21)2-1-8-18;;/h3-7,9-10H,1-2,8,11,18H2,(H,20,21);2*1H. The van der Waals surface area contributed by atoms with Gasteiger partial charge in [0.25, 0.3) is 0 Å². The normalized spacial score (nSPS) is 9.42.